The quantitative estimate of drug-likeness (QED) is 0.667. The van der Waals surface area contributed by atoms with Gasteiger partial charge in [-0.1, -0.05) is 0 Å². The summed E-state index contributed by atoms with van der Waals surface area (Å²) >= 11 is 0. The Morgan fingerprint density at radius 2 is 1.65 bits per heavy atom. The van der Waals surface area contributed by atoms with Gasteiger partial charge in [-0.05, 0) is 24.3 Å². The van der Waals surface area contributed by atoms with E-state index in [2.05, 4.69) is 5.32 Å². The first kappa shape index (κ1) is 12.7. The van der Waals surface area contributed by atoms with Gasteiger partial charge >= 0.3 is 5.97 Å². The average Bonchev–Trinajstić information content (AvgIpc) is 2.28. The lowest BCUT2D eigenvalue weighted by Crippen LogP contribution is -2.26. The summed E-state index contributed by atoms with van der Waals surface area (Å²) in [5.41, 5.74) is 5.71. The third-order valence-electron chi connectivity index (χ3n) is 2.06. The van der Waals surface area contributed by atoms with Crippen LogP contribution in [0.25, 0.3) is 0 Å². The molecule has 0 heterocycles. The number of carbonyl (C=O) groups excluding carboxylic acids is 2. The maximum Gasteiger partial charge on any atom is 0.305 e. The largest absolute Gasteiger partial charge is 0.481 e. The van der Waals surface area contributed by atoms with Gasteiger partial charge in [0.05, 0.1) is 6.42 Å². The van der Waals surface area contributed by atoms with Gasteiger partial charge < -0.3 is 16.2 Å². The second-order valence-corrected chi connectivity index (χ2v) is 3.34. The first-order valence-electron chi connectivity index (χ1n) is 4.90. The first-order valence-corrected chi connectivity index (χ1v) is 4.90. The molecule has 0 saturated carbocycles. The highest BCUT2D eigenvalue weighted by molar-refractivity contribution is 5.97. The van der Waals surface area contributed by atoms with Gasteiger partial charge in [0, 0.05) is 17.7 Å². The monoisotopic (exact) mass is 236 g/mol. The Bertz CT molecular complexity index is 439. The van der Waals surface area contributed by atoms with Crippen molar-refractivity contribution >= 4 is 17.8 Å². The summed E-state index contributed by atoms with van der Waals surface area (Å²) in [6, 6.07) is 5.79. The standard InChI is InChI=1S/C11H12N2O4/c12-10(16)7-1-3-8(4-2-7)11(17)13-6-5-9(14)15/h1-4H,5-6H2,(H2,12,16)(H,13,17)(H,14,15). The highest BCUT2D eigenvalue weighted by Crippen LogP contribution is 2.03. The van der Waals surface area contributed by atoms with Crippen LogP contribution >= 0.6 is 0 Å². The molecule has 6 nitrogen and oxygen atoms in total. The number of rotatable bonds is 5. The fourth-order valence-electron chi connectivity index (χ4n) is 1.17. The number of hydrogen-bond donors (Lipinski definition) is 3. The van der Waals surface area contributed by atoms with Crippen molar-refractivity contribution in [2.24, 2.45) is 5.73 Å². The summed E-state index contributed by atoms with van der Waals surface area (Å²) in [6.45, 7) is 0.0612. The van der Waals surface area contributed by atoms with Crippen LogP contribution in [0.1, 0.15) is 27.1 Å². The average molecular weight is 236 g/mol. The number of aliphatic carboxylic acids is 1. The first-order chi connectivity index (χ1) is 8.00. The predicted octanol–water partition coefficient (Wildman–Crippen LogP) is -0.0100. The lowest BCUT2D eigenvalue weighted by Gasteiger charge is -2.03. The zero-order valence-corrected chi connectivity index (χ0v) is 8.97. The molecule has 0 fully saturated rings. The summed E-state index contributed by atoms with van der Waals surface area (Å²) in [6.07, 6.45) is -0.134. The van der Waals surface area contributed by atoms with E-state index in [0.29, 0.717) is 11.1 Å². The van der Waals surface area contributed by atoms with E-state index in [1.165, 1.54) is 24.3 Å². The summed E-state index contributed by atoms with van der Waals surface area (Å²) in [4.78, 5) is 32.5. The zero-order chi connectivity index (χ0) is 12.8. The van der Waals surface area contributed by atoms with E-state index in [0.717, 1.165) is 0 Å². The molecule has 1 aromatic rings. The number of primary amides is 1. The minimum absolute atomic E-state index is 0.0612. The zero-order valence-electron chi connectivity index (χ0n) is 8.97. The molecule has 0 bridgehead atoms. The molecule has 0 aromatic heterocycles. The molecule has 0 atom stereocenters. The van der Waals surface area contributed by atoms with Crippen molar-refractivity contribution in [1.82, 2.24) is 5.32 Å². The second-order valence-electron chi connectivity index (χ2n) is 3.34. The van der Waals surface area contributed by atoms with Crippen LogP contribution in [0.4, 0.5) is 0 Å². The molecule has 0 aliphatic carbocycles. The highest BCUT2D eigenvalue weighted by Gasteiger charge is 2.07. The van der Waals surface area contributed by atoms with Crippen LogP contribution in [0.15, 0.2) is 24.3 Å². The SMILES string of the molecule is NC(=O)c1ccc(C(=O)NCCC(=O)O)cc1. The lowest BCUT2D eigenvalue weighted by atomic mass is 10.1. The molecule has 1 aromatic carbocycles. The number of amides is 2. The van der Waals surface area contributed by atoms with E-state index >= 15 is 0 Å². The van der Waals surface area contributed by atoms with Crippen molar-refractivity contribution in [1.29, 1.82) is 0 Å². The lowest BCUT2D eigenvalue weighted by molar-refractivity contribution is -0.136. The summed E-state index contributed by atoms with van der Waals surface area (Å²) in [5, 5.41) is 10.8. The fraction of sp³-hybridized carbons (Fsp3) is 0.182. The molecule has 0 spiro atoms. The Morgan fingerprint density at radius 1 is 1.12 bits per heavy atom. The minimum Gasteiger partial charge on any atom is -0.481 e. The molecular weight excluding hydrogens is 224 g/mol. The van der Waals surface area contributed by atoms with Crippen LogP contribution in [-0.2, 0) is 4.79 Å². The van der Waals surface area contributed by atoms with E-state index in [-0.39, 0.29) is 18.9 Å². The van der Waals surface area contributed by atoms with Gasteiger partial charge in [-0.15, -0.1) is 0 Å². The molecule has 2 amide bonds. The van der Waals surface area contributed by atoms with E-state index < -0.39 is 11.9 Å². The Kier molecular flexibility index (Phi) is 4.21. The highest BCUT2D eigenvalue weighted by atomic mass is 16.4. The third kappa shape index (κ3) is 3.94. The van der Waals surface area contributed by atoms with Gasteiger partial charge in [0.1, 0.15) is 0 Å². The molecule has 0 unspecified atom stereocenters. The molecule has 6 heteroatoms. The van der Waals surface area contributed by atoms with Crippen LogP contribution in [0.5, 0.6) is 0 Å². The molecular formula is C11H12N2O4. The van der Waals surface area contributed by atoms with Gasteiger partial charge in [0.2, 0.25) is 5.91 Å². The van der Waals surface area contributed by atoms with Crippen molar-refractivity contribution in [3.8, 4) is 0 Å². The van der Waals surface area contributed by atoms with E-state index in [1.54, 1.807) is 0 Å². The Morgan fingerprint density at radius 3 is 2.12 bits per heavy atom. The van der Waals surface area contributed by atoms with Gasteiger partial charge in [0.15, 0.2) is 0 Å². The van der Waals surface area contributed by atoms with Gasteiger partial charge in [-0.25, -0.2) is 0 Å². The molecule has 17 heavy (non-hydrogen) atoms. The third-order valence-corrected chi connectivity index (χ3v) is 2.06. The summed E-state index contributed by atoms with van der Waals surface area (Å²) in [7, 11) is 0. The van der Waals surface area contributed by atoms with Crippen molar-refractivity contribution in [3.05, 3.63) is 35.4 Å². The van der Waals surface area contributed by atoms with Crippen molar-refractivity contribution in [3.63, 3.8) is 0 Å². The van der Waals surface area contributed by atoms with Gasteiger partial charge in [-0.2, -0.15) is 0 Å². The van der Waals surface area contributed by atoms with Crippen molar-refractivity contribution in [2.45, 2.75) is 6.42 Å². The Labute approximate surface area is 97.4 Å². The number of nitrogens with one attached hydrogen (secondary N) is 1. The van der Waals surface area contributed by atoms with Crippen molar-refractivity contribution in [2.75, 3.05) is 6.54 Å². The topological polar surface area (TPSA) is 109 Å². The maximum atomic E-state index is 11.5. The van der Waals surface area contributed by atoms with E-state index in [4.69, 9.17) is 10.8 Å². The molecule has 0 aliphatic rings. The molecule has 0 aliphatic heterocycles. The van der Waals surface area contributed by atoms with Crippen LogP contribution in [0.3, 0.4) is 0 Å². The van der Waals surface area contributed by atoms with Gasteiger partial charge in [-0.3, -0.25) is 14.4 Å². The van der Waals surface area contributed by atoms with Crippen LogP contribution in [0.2, 0.25) is 0 Å². The molecule has 4 N–H and O–H groups in total. The summed E-state index contributed by atoms with van der Waals surface area (Å²) in [5.74, 6) is -1.93. The van der Waals surface area contributed by atoms with Crippen molar-refractivity contribution < 1.29 is 19.5 Å². The predicted molar refractivity (Wildman–Crippen MR) is 59.5 cm³/mol. The van der Waals surface area contributed by atoms with Gasteiger partial charge in [0.25, 0.3) is 5.91 Å². The molecule has 90 valence electrons. The fourth-order valence-corrected chi connectivity index (χ4v) is 1.17. The number of carboxylic acid groups (broad SMARTS) is 1. The Balaban J connectivity index is 2.57. The maximum absolute atomic E-state index is 11.5. The molecule has 0 saturated heterocycles. The normalized spacial score (nSPS) is 9.65. The number of carbonyl (C=O) groups is 3. The number of hydrogen-bond acceptors (Lipinski definition) is 3. The number of benzene rings is 1. The van der Waals surface area contributed by atoms with E-state index in [1.807, 2.05) is 0 Å². The number of nitrogens with two attached hydrogens (primary N) is 1. The van der Waals surface area contributed by atoms with Crippen LogP contribution in [-0.4, -0.2) is 29.4 Å². The van der Waals surface area contributed by atoms with Crippen LogP contribution < -0.4 is 11.1 Å². The minimum atomic E-state index is -0.977. The van der Waals surface area contributed by atoms with E-state index in [9.17, 15) is 14.4 Å². The smallest absolute Gasteiger partial charge is 0.305 e. The molecule has 0 radical (unpaired) electrons. The molecule has 1 rings (SSSR count). The second kappa shape index (κ2) is 5.64. The van der Waals surface area contributed by atoms with Crippen LogP contribution in [0, 0.1) is 0 Å². The Hall–Kier alpha value is -2.37. The number of carboxylic acids is 1. The summed E-state index contributed by atoms with van der Waals surface area (Å²) < 4.78 is 0.